The Morgan fingerprint density at radius 2 is 1.64 bits per heavy atom. The lowest BCUT2D eigenvalue weighted by Crippen LogP contribution is -1.97. The summed E-state index contributed by atoms with van der Waals surface area (Å²) in [5, 5.41) is 0. The maximum Gasteiger partial charge on any atom is 0.180 e. The van der Waals surface area contributed by atoms with Crippen molar-refractivity contribution in [3.05, 3.63) is 72.1 Å². The Kier molecular flexibility index (Phi) is 3.00. The molecule has 0 unspecified atom stereocenters. The number of rotatable bonds is 3. The van der Waals surface area contributed by atoms with Gasteiger partial charge in [-0.1, -0.05) is 42.5 Å². The summed E-state index contributed by atoms with van der Waals surface area (Å²) in [6.45, 7) is 0. The smallest absolute Gasteiger partial charge is 0.180 e. The lowest BCUT2D eigenvalue weighted by molar-refractivity contribution is 0.928. The molecule has 4 aromatic rings. The molecule has 0 radical (unpaired) electrons. The highest BCUT2D eigenvalue weighted by atomic mass is 15.1. The van der Waals surface area contributed by atoms with Crippen LogP contribution in [0.3, 0.4) is 0 Å². The normalized spacial score (nSPS) is 11.3. The van der Waals surface area contributed by atoms with Crippen molar-refractivity contribution in [2.75, 3.05) is 5.73 Å². The van der Waals surface area contributed by atoms with Crippen LogP contribution in [0.2, 0.25) is 0 Å². The van der Waals surface area contributed by atoms with Gasteiger partial charge in [-0.15, -0.1) is 0 Å². The summed E-state index contributed by atoms with van der Waals surface area (Å²) in [7, 11) is 0. The van der Waals surface area contributed by atoms with Gasteiger partial charge in [-0.05, 0) is 30.5 Å². The van der Waals surface area contributed by atoms with Gasteiger partial charge in [0.15, 0.2) is 11.5 Å². The van der Waals surface area contributed by atoms with Gasteiger partial charge in [0.1, 0.15) is 0 Å². The molecule has 2 N–H and O–H groups in total. The number of nitrogen functional groups attached to an aromatic ring is 1. The van der Waals surface area contributed by atoms with Crippen LogP contribution < -0.4 is 5.73 Å². The zero-order valence-electron chi connectivity index (χ0n) is 12.1. The maximum atomic E-state index is 6.05. The van der Waals surface area contributed by atoms with E-state index in [1.165, 1.54) is 5.56 Å². The van der Waals surface area contributed by atoms with Crippen LogP contribution in [0.15, 0.2) is 60.8 Å². The fraction of sp³-hybridized carbons (Fsp3) is 0.111. The van der Waals surface area contributed by atoms with E-state index in [0.29, 0.717) is 5.82 Å². The van der Waals surface area contributed by atoms with Crippen LogP contribution in [0.5, 0.6) is 0 Å². The molecule has 0 amide bonds. The molecule has 0 saturated carbocycles. The Hall–Kier alpha value is -2.88. The van der Waals surface area contributed by atoms with Crippen molar-refractivity contribution in [2.24, 2.45) is 0 Å². The molecule has 4 heteroatoms. The molecule has 0 atom stereocenters. The number of nitrogens with zero attached hydrogens (tertiary/aromatic N) is 3. The van der Waals surface area contributed by atoms with Gasteiger partial charge in [-0.3, -0.25) is 4.40 Å². The number of aryl methyl sites for hydroxylation is 2. The lowest BCUT2D eigenvalue weighted by Gasteiger charge is -2.02. The van der Waals surface area contributed by atoms with E-state index < -0.39 is 0 Å². The van der Waals surface area contributed by atoms with E-state index >= 15 is 0 Å². The molecule has 4 rings (SSSR count). The highest BCUT2D eigenvalue weighted by Crippen LogP contribution is 2.20. The van der Waals surface area contributed by atoms with Crippen LogP contribution in [-0.2, 0) is 12.8 Å². The number of anilines is 1. The van der Waals surface area contributed by atoms with Crippen LogP contribution >= 0.6 is 0 Å². The summed E-state index contributed by atoms with van der Waals surface area (Å²) >= 11 is 0. The van der Waals surface area contributed by atoms with Crippen molar-refractivity contribution in [1.29, 1.82) is 0 Å². The molecule has 0 fully saturated rings. The standard InChI is InChI=1S/C18H16N4/c19-17-18-20-14(11-10-13-6-2-1-3-7-13)12-22(18)16-9-5-4-8-15(16)21-17/h1-9,12H,10-11H2,(H2,19,21). The fourth-order valence-electron chi connectivity index (χ4n) is 2.77. The molecule has 0 saturated heterocycles. The third kappa shape index (κ3) is 2.19. The first-order valence-corrected chi connectivity index (χ1v) is 7.37. The van der Waals surface area contributed by atoms with Crippen molar-refractivity contribution in [2.45, 2.75) is 12.8 Å². The van der Waals surface area contributed by atoms with Gasteiger partial charge in [-0.2, -0.15) is 0 Å². The van der Waals surface area contributed by atoms with Gasteiger partial charge in [0.2, 0.25) is 0 Å². The lowest BCUT2D eigenvalue weighted by atomic mass is 10.1. The van der Waals surface area contributed by atoms with E-state index in [2.05, 4.69) is 40.4 Å². The summed E-state index contributed by atoms with van der Waals surface area (Å²) in [4.78, 5) is 9.08. The molecule has 0 aliphatic heterocycles. The first kappa shape index (κ1) is 12.8. The summed E-state index contributed by atoms with van der Waals surface area (Å²) < 4.78 is 2.04. The quantitative estimate of drug-likeness (QED) is 0.629. The minimum atomic E-state index is 0.477. The minimum absolute atomic E-state index is 0.477. The number of hydrogen-bond donors (Lipinski definition) is 1. The molecule has 4 nitrogen and oxygen atoms in total. The van der Waals surface area contributed by atoms with E-state index in [4.69, 9.17) is 5.73 Å². The zero-order valence-corrected chi connectivity index (χ0v) is 12.1. The van der Waals surface area contributed by atoms with E-state index in [-0.39, 0.29) is 0 Å². The average Bonchev–Trinajstić information content (AvgIpc) is 2.99. The fourth-order valence-corrected chi connectivity index (χ4v) is 2.77. The molecule has 0 bridgehead atoms. The number of imidazole rings is 1. The third-order valence-electron chi connectivity index (χ3n) is 3.88. The number of fused-ring (bicyclic) bond motifs is 3. The molecule has 2 heterocycles. The second-order valence-electron chi connectivity index (χ2n) is 5.40. The monoisotopic (exact) mass is 288 g/mol. The van der Waals surface area contributed by atoms with Crippen LogP contribution in [-0.4, -0.2) is 14.4 Å². The molecule has 0 spiro atoms. The molecular formula is C18H16N4. The Bertz CT molecular complexity index is 941. The van der Waals surface area contributed by atoms with Gasteiger partial charge in [0.25, 0.3) is 0 Å². The first-order chi connectivity index (χ1) is 10.8. The molecule has 108 valence electrons. The van der Waals surface area contributed by atoms with Gasteiger partial charge < -0.3 is 5.73 Å². The Labute approximate surface area is 128 Å². The number of benzene rings is 2. The average molecular weight is 288 g/mol. The van der Waals surface area contributed by atoms with Gasteiger partial charge in [-0.25, -0.2) is 9.97 Å². The molecule has 2 aromatic heterocycles. The highest BCUT2D eigenvalue weighted by Gasteiger charge is 2.09. The number of aromatic nitrogens is 3. The summed E-state index contributed by atoms with van der Waals surface area (Å²) in [5.74, 6) is 0.477. The summed E-state index contributed by atoms with van der Waals surface area (Å²) in [6.07, 6.45) is 3.92. The van der Waals surface area contributed by atoms with Crippen LogP contribution in [0.25, 0.3) is 16.7 Å². The molecule has 0 aliphatic carbocycles. The molecule has 0 aliphatic rings. The predicted molar refractivity (Wildman–Crippen MR) is 88.8 cm³/mol. The summed E-state index contributed by atoms with van der Waals surface area (Å²) in [5.41, 5.74) is 11.1. The maximum absolute atomic E-state index is 6.05. The van der Waals surface area contributed by atoms with E-state index in [0.717, 1.165) is 35.2 Å². The number of para-hydroxylation sites is 2. The van der Waals surface area contributed by atoms with Crippen molar-refractivity contribution in [1.82, 2.24) is 14.4 Å². The van der Waals surface area contributed by atoms with E-state index in [9.17, 15) is 0 Å². The first-order valence-electron chi connectivity index (χ1n) is 7.37. The number of hydrogen-bond acceptors (Lipinski definition) is 3. The second kappa shape index (κ2) is 5.15. The Morgan fingerprint density at radius 3 is 2.50 bits per heavy atom. The van der Waals surface area contributed by atoms with Crippen molar-refractivity contribution in [3.8, 4) is 0 Å². The Morgan fingerprint density at radius 1 is 0.864 bits per heavy atom. The topological polar surface area (TPSA) is 56.2 Å². The second-order valence-corrected chi connectivity index (χ2v) is 5.40. The molecular weight excluding hydrogens is 272 g/mol. The van der Waals surface area contributed by atoms with Gasteiger partial charge in [0.05, 0.1) is 16.7 Å². The summed E-state index contributed by atoms with van der Waals surface area (Å²) in [6, 6.07) is 18.4. The predicted octanol–water partition coefficient (Wildman–Crippen LogP) is 3.25. The van der Waals surface area contributed by atoms with Crippen LogP contribution in [0.1, 0.15) is 11.3 Å². The zero-order chi connectivity index (χ0) is 14.9. The highest BCUT2D eigenvalue weighted by molar-refractivity contribution is 5.82. The third-order valence-corrected chi connectivity index (χ3v) is 3.88. The minimum Gasteiger partial charge on any atom is -0.381 e. The van der Waals surface area contributed by atoms with Gasteiger partial charge >= 0.3 is 0 Å². The van der Waals surface area contributed by atoms with E-state index in [1.54, 1.807) is 0 Å². The van der Waals surface area contributed by atoms with Crippen molar-refractivity contribution in [3.63, 3.8) is 0 Å². The number of nitrogens with two attached hydrogens (primary N) is 1. The molecule has 2 aromatic carbocycles. The van der Waals surface area contributed by atoms with E-state index in [1.807, 2.05) is 34.7 Å². The molecule has 22 heavy (non-hydrogen) atoms. The SMILES string of the molecule is Nc1nc2ccccc2n2cc(CCc3ccccc3)nc12. The van der Waals surface area contributed by atoms with Crippen LogP contribution in [0, 0.1) is 0 Å². The Balaban J connectivity index is 1.74. The largest absolute Gasteiger partial charge is 0.381 e. The van der Waals surface area contributed by atoms with Crippen LogP contribution in [0.4, 0.5) is 5.82 Å². The van der Waals surface area contributed by atoms with Crippen molar-refractivity contribution < 1.29 is 0 Å². The van der Waals surface area contributed by atoms with Crippen molar-refractivity contribution >= 4 is 22.5 Å². The van der Waals surface area contributed by atoms with Gasteiger partial charge in [0, 0.05) is 6.20 Å².